The molecule has 0 spiro atoms. The van der Waals surface area contributed by atoms with Gasteiger partial charge in [-0.05, 0) is 36.7 Å². The number of aryl methyl sites for hydroxylation is 1. The van der Waals surface area contributed by atoms with E-state index in [0.717, 1.165) is 36.3 Å². The number of nitrogens with one attached hydrogen (secondary N) is 1. The van der Waals surface area contributed by atoms with Crippen LogP contribution in [-0.4, -0.2) is 71.4 Å². The Hall–Kier alpha value is -3.39. The van der Waals surface area contributed by atoms with Crippen molar-refractivity contribution in [3.63, 3.8) is 0 Å². The van der Waals surface area contributed by atoms with Gasteiger partial charge in [0.1, 0.15) is 0 Å². The quantitative estimate of drug-likeness (QED) is 0.636. The van der Waals surface area contributed by atoms with Gasteiger partial charge in [0.2, 0.25) is 11.8 Å². The Bertz CT molecular complexity index is 1090. The average molecular weight is 493 g/mol. The zero-order valence-electron chi connectivity index (χ0n) is 21.6. The molecular formula is C28H36N4O4. The van der Waals surface area contributed by atoms with Crippen molar-refractivity contribution in [2.75, 3.05) is 38.0 Å². The topological polar surface area (TPSA) is 82.2 Å². The second-order valence-corrected chi connectivity index (χ2v) is 9.89. The number of anilines is 1. The lowest BCUT2D eigenvalue weighted by Gasteiger charge is -2.37. The van der Waals surface area contributed by atoms with Crippen LogP contribution in [0.1, 0.15) is 43.6 Å². The molecule has 2 heterocycles. The van der Waals surface area contributed by atoms with Gasteiger partial charge < -0.3 is 19.9 Å². The number of hydrogen-bond donors (Lipinski definition) is 1. The summed E-state index contributed by atoms with van der Waals surface area (Å²) in [5.41, 5.74) is 3.43. The summed E-state index contributed by atoms with van der Waals surface area (Å²) < 4.78 is 5.83. The van der Waals surface area contributed by atoms with Gasteiger partial charge in [0.15, 0.2) is 12.1 Å². The first-order chi connectivity index (χ1) is 17.3. The van der Waals surface area contributed by atoms with E-state index in [0.29, 0.717) is 25.3 Å². The molecule has 2 fully saturated rings. The molecule has 1 N–H and O–H groups in total. The molecule has 2 aliphatic heterocycles. The van der Waals surface area contributed by atoms with Crippen molar-refractivity contribution in [3.05, 3.63) is 65.2 Å². The highest BCUT2D eigenvalue weighted by molar-refractivity contribution is 5.92. The number of nitrogens with zero attached hydrogens (tertiary/aromatic N) is 3. The minimum Gasteiger partial charge on any atom is -0.438 e. The van der Waals surface area contributed by atoms with Crippen molar-refractivity contribution < 1.29 is 19.1 Å². The SMILES string of the molecule is CCN1CCN(C(=O)C2C(c3ccc(NC(=O)C(C)C)cc3)OC(=O)N2Cc2cccc(C)c2)CC1. The fraction of sp³-hybridized carbons (Fsp3) is 0.464. The summed E-state index contributed by atoms with van der Waals surface area (Å²) in [6.45, 7) is 11.9. The number of amides is 3. The third-order valence-electron chi connectivity index (χ3n) is 6.94. The van der Waals surface area contributed by atoms with Crippen LogP contribution < -0.4 is 5.32 Å². The van der Waals surface area contributed by atoms with E-state index in [9.17, 15) is 14.4 Å². The van der Waals surface area contributed by atoms with Crippen LogP contribution >= 0.6 is 0 Å². The van der Waals surface area contributed by atoms with Gasteiger partial charge in [0, 0.05) is 37.8 Å². The normalized spacial score (nSPS) is 20.5. The third kappa shape index (κ3) is 5.70. The van der Waals surface area contributed by atoms with Gasteiger partial charge in [-0.2, -0.15) is 0 Å². The first-order valence-electron chi connectivity index (χ1n) is 12.7. The lowest BCUT2D eigenvalue weighted by molar-refractivity contribution is -0.138. The number of carbonyl (C=O) groups is 3. The molecule has 0 radical (unpaired) electrons. The van der Waals surface area contributed by atoms with Crippen molar-refractivity contribution in [2.24, 2.45) is 5.92 Å². The summed E-state index contributed by atoms with van der Waals surface area (Å²) in [6, 6.07) is 14.4. The summed E-state index contributed by atoms with van der Waals surface area (Å²) in [7, 11) is 0. The Morgan fingerprint density at radius 2 is 1.75 bits per heavy atom. The standard InChI is InChI=1S/C28H36N4O4/c1-5-30-13-15-31(16-14-30)27(34)24-25(22-9-11-23(12-10-22)29-26(33)19(2)3)36-28(35)32(24)18-21-8-6-7-20(4)17-21/h6-12,17,19,24-25H,5,13-16,18H2,1-4H3,(H,29,33). The van der Waals surface area contributed by atoms with Crippen molar-refractivity contribution >= 4 is 23.6 Å². The highest BCUT2D eigenvalue weighted by Crippen LogP contribution is 2.35. The van der Waals surface area contributed by atoms with Crippen LogP contribution in [0.4, 0.5) is 10.5 Å². The molecule has 2 aliphatic rings. The van der Waals surface area contributed by atoms with Gasteiger partial charge in [-0.1, -0.05) is 62.7 Å². The Kier molecular flexibility index (Phi) is 7.94. The predicted octanol–water partition coefficient (Wildman–Crippen LogP) is 3.82. The maximum absolute atomic E-state index is 13.9. The molecule has 36 heavy (non-hydrogen) atoms. The Morgan fingerprint density at radius 1 is 1.06 bits per heavy atom. The Balaban J connectivity index is 1.60. The van der Waals surface area contributed by atoms with Crippen LogP contribution in [-0.2, 0) is 20.9 Å². The van der Waals surface area contributed by atoms with Gasteiger partial charge in [0.05, 0.1) is 6.54 Å². The fourth-order valence-corrected chi connectivity index (χ4v) is 4.72. The van der Waals surface area contributed by atoms with E-state index in [2.05, 4.69) is 17.1 Å². The maximum atomic E-state index is 13.9. The van der Waals surface area contributed by atoms with Gasteiger partial charge in [-0.3, -0.25) is 14.5 Å². The zero-order chi connectivity index (χ0) is 25.8. The number of ether oxygens (including phenoxy) is 1. The van der Waals surface area contributed by atoms with Gasteiger partial charge >= 0.3 is 6.09 Å². The predicted molar refractivity (Wildman–Crippen MR) is 138 cm³/mol. The van der Waals surface area contributed by atoms with Gasteiger partial charge in [-0.15, -0.1) is 0 Å². The number of hydrogen-bond acceptors (Lipinski definition) is 5. The molecule has 4 rings (SSSR count). The van der Waals surface area contributed by atoms with Crippen molar-refractivity contribution in [3.8, 4) is 0 Å². The van der Waals surface area contributed by atoms with Crippen LogP contribution in [0.3, 0.4) is 0 Å². The van der Waals surface area contributed by atoms with Crippen LogP contribution in [0.2, 0.25) is 0 Å². The molecule has 2 unspecified atom stereocenters. The largest absolute Gasteiger partial charge is 0.438 e. The number of cyclic esters (lactones) is 1. The fourth-order valence-electron chi connectivity index (χ4n) is 4.72. The second kappa shape index (κ2) is 11.1. The lowest BCUT2D eigenvalue weighted by Crippen LogP contribution is -2.54. The number of carbonyl (C=O) groups excluding carboxylic acids is 3. The van der Waals surface area contributed by atoms with E-state index in [1.165, 1.54) is 0 Å². The van der Waals surface area contributed by atoms with E-state index in [4.69, 9.17) is 4.74 Å². The summed E-state index contributed by atoms with van der Waals surface area (Å²) in [4.78, 5) is 44.7. The van der Waals surface area contributed by atoms with E-state index in [1.54, 1.807) is 17.0 Å². The molecule has 0 aromatic heterocycles. The molecule has 8 nitrogen and oxygen atoms in total. The van der Waals surface area contributed by atoms with Crippen LogP contribution in [0.5, 0.6) is 0 Å². The third-order valence-corrected chi connectivity index (χ3v) is 6.94. The summed E-state index contributed by atoms with van der Waals surface area (Å²) in [5.74, 6) is -0.295. The van der Waals surface area contributed by atoms with Crippen LogP contribution in [0, 0.1) is 12.8 Å². The molecule has 8 heteroatoms. The first-order valence-corrected chi connectivity index (χ1v) is 12.7. The Labute approximate surface area is 213 Å². The minimum atomic E-state index is -0.762. The average Bonchev–Trinajstić information content (AvgIpc) is 3.19. The smallest absolute Gasteiger partial charge is 0.411 e. The number of rotatable bonds is 7. The minimum absolute atomic E-state index is 0.0707. The number of likely N-dealkylation sites (N-methyl/N-ethyl adjacent to an activating group) is 1. The van der Waals surface area contributed by atoms with E-state index in [-0.39, 0.29) is 17.7 Å². The molecular weight excluding hydrogens is 456 g/mol. The van der Waals surface area contributed by atoms with Crippen LogP contribution in [0.25, 0.3) is 0 Å². The molecule has 2 aromatic carbocycles. The molecule has 2 aromatic rings. The highest BCUT2D eigenvalue weighted by atomic mass is 16.6. The van der Waals surface area contributed by atoms with Gasteiger partial charge in [-0.25, -0.2) is 4.79 Å². The van der Waals surface area contributed by atoms with E-state index >= 15 is 0 Å². The summed E-state index contributed by atoms with van der Waals surface area (Å²) in [5, 5.41) is 2.87. The van der Waals surface area contributed by atoms with Crippen LogP contribution in [0.15, 0.2) is 48.5 Å². The monoisotopic (exact) mass is 492 g/mol. The molecule has 0 saturated carbocycles. The summed E-state index contributed by atoms with van der Waals surface area (Å²) in [6.07, 6.45) is -1.22. The number of benzene rings is 2. The Morgan fingerprint density at radius 3 is 2.36 bits per heavy atom. The van der Waals surface area contributed by atoms with E-state index < -0.39 is 18.2 Å². The molecule has 0 bridgehead atoms. The van der Waals surface area contributed by atoms with Gasteiger partial charge in [0.25, 0.3) is 0 Å². The zero-order valence-corrected chi connectivity index (χ0v) is 21.6. The molecule has 2 atom stereocenters. The number of piperazine rings is 1. The van der Waals surface area contributed by atoms with Crippen molar-refractivity contribution in [1.29, 1.82) is 0 Å². The highest BCUT2D eigenvalue weighted by Gasteiger charge is 2.48. The second-order valence-electron chi connectivity index (χ2n) is 9.89. The molecule has 0 aliphatic carbocycles. The molecule has 192 valence electrons. The van der Waals surface area contributed by atoms with Crippen molar-refractivity contribution in [2.45, 2.75) is 46.4 Å². The molecule has 3 amide bonds. The molecule has 2 saturated heterocycles. The van der Waals surface area contributed by atoms with Crippen molar-refractivity contribution in [1.82, 2.24) is 14.7 Å². The maximum Gasteiger partial charge on any atom is 0.411 e. The lowest BCUT2D eigenvalue weighted by atomic mass is 9.99. The van der Waals surface area contributed by atoms with E-state index in [1.807, 2.05) is 62.1 Å². The summed E-state index contributed by atoms with van der Waals surface area (Å²) >= 11 is 0. The first kappa shape index (κ1) is 25.7.